The van der Waals surface area contributed by atoms with Crippen LogP contribution in [-0.2, 0) is 4.79 Å². The van der Waals surface area contributed by atoms with Crippen LogP contribution in [0.4, 0.5) is 15.8 Å². The molecule has 0 bridgehead atoms. The van der Waals surface area contributed by atoms with Gasteiger partial charge in [0.05, 0.1) is 5.57 Å². The molecule has 1 atom stereocenters. The number of anilines is 2. The number of nitrogens with one attached hydrogen (secondary N) is 1. The molecule has 0 spiro atoms. The molecule has 1 heterocycles. The lowest BCUT2D eigenvalue weighted by Crippen LogP contribution is -2.38. The van der Waals surface area contributed by atoms with Gasteiger partial charge in [-0.15, -0.1) is 0 Å². The molecule has 1 unspecified atom stereocenters. The monoisotopic (exact) mass is 402 g/mol. The minimum Gasteiger partial charge on any atom is -0.369 e. The van der Waals surface area contributed by atoms with Crippen LogP contribution in [0.3, 0.4) is 0 Å². The molecule has 1 aliphatic rings. The summed E-state index contributed by atoms with van der Waals surface area (Å²) in [6.07, 6.45) is 3.70. The number of hydrogen-bond donors (Lipinski definition) is 2. The highest BCUT2D eigenvalue weighted by Gasteiger charge is 2.26. The Balaban J connectivity index is 1.81. The number of aryl methyl sites for hydroxylation is 1. The largest absolute Gasteiger partial charge is 0.369 e. The quantitative estimate of drug-likeness (QED) is 0.811. The predicted octanol–water partition coefficient (Wildman–Crippen LogP) is 4.11. The fourth-order valence-corrected chi connectivity index (χ4v) is 2.87. The second-order valence-electron chi connectivity index (χ2n) is 5.63. The third kappa shape index (κ3) is 3.81. The van der Waals surface area contributed by atoms with Crippen molar-refractivity contribution in [2.45, 2.75) is 13.2 Å². The molecule has 3 rings (SSSR count). The molecule has 1 aliphatic heterocycles. The van der Waals surface area contributed by atoms with Crippen molar-refractivity contribution < 1.29 is 14.3 Å². The van der Waals surface area contributed by atoms with Gasteiger partial charge in [0, 0.05) is 22.0 Å². The zero-order valence-electron chi connectivity index (χ0n) is 13.4. The van der Waals surface area contributed by atoms with Crippen LogP contribution in [0.15, 0.2) is 70.9 Å². The number of allylic oxidation sites excluding steroid dienone is 2. The van der Waals surface area contributed by atoms with E-state index in [9.17, 15) is 14.3 Å². The van der Waals surface area contributed by atoms with E-state index in [-0.39, 0.29) is 11.4 Å². The van der Waals surface area contributed by atoms with Crippen LogP contribution in [0.1, 0.15) is 5.56 Å². The summed E-state index contributed by atoms with van der Waals surface area (Å²) in [5.41, 5.74) is 2.36. The molecule has 0 saturated carbocycles. The van der Waals surface area contributed by atoms with Crippen molar-refractivity contribution in [3.63, 3.8) is 0 Å². The van der Waals surface area contributed by atoms with Gasteiger partial charge in [0.1, 0.15) is 5.82 Å². The average molecular weight is 403 g/mol. The summed E-state index contributed by atoms with van der Waals surface area (Å²) >= 11 is 3.37. The first kappa shape index (κ1) is 17.4. The van der Waals surface area contributed by atoms with Gasteiger partial charge in [-0.2, -0.15) is 0 Å². The predicted molar refractivity (Wildman–Crippen MR) is 99.6 cm³/mol. The standard InChI is InChI=1S/C19H16BrFN2O2/c1-12-4-5-13(20)11-17(12)22-18(24)16-3-2-10-23(19(16)25)15-8-6-14(21)7-9-15/h2-11,19,25H,1H3,(H,22,24). The van der Waals surface area contributed by atoms with Crippen molar-refractivity contribution in [1.82, 2.24) is 0 Å². The molecule has 2 aromatic carbocycles. The van der Waals surface area contributed by atoms with Gasteiger partial charge in [-0.3, -0.25) is 4.79 Å². The molecule has 0 saturated heterocycles. The zero-order valence-corrected chi connectivity index (χ0v) is 15.0. The second-order valence-corrected chi connectivity index (χ2v) is 6.55. The van der Waals surface area contributed by atoms with Crippen LogP contribution < -0.4 is 10.2 Å². The molecular weight excluding hydrogens is 387 g/mol. The highest BCUT2D eigenvalue weighted by Crippen LogP contribution is 2.26. The normalized spacial score (nSPS) is 16.6. The summed E-state index contributed by atoms with van der Waals surface area (Å²) in [4.78, 5) is 14.1. The van der Waals surface area contributed by atoms with E-state index < -0.39 is 12.1 Å². The minimum atomic E-state index is -1.16. The summed E-state index contributed by atoms with van der Waals surface area (Å²) in [7, 11) is 0. The summed E-state index contributed by atoms with van der Waals surface area (Å²) in [6.45, 7) is 1.89. The molecular formula is C19H16BrFN2O2. The highest BCUT2D eigenvalue weighted by atomic mass is 79.9. The zero-order chi connectivity index (χ0) is 18.0. The van der Waals surface area contributed by atoms with Crippen LogP contribution >= 0.6 is 15.9 Å². The van der Waals surface area contributed by atoms with Gasteiger partial charge in [-0.05, 0) is 61.0 Å². The van der Waals surface area contributed by atoms with Crippen LogP contribution in [0, 0.1) is 12.7 Å². The lowest BCUT2D eigenvalue weighted by atomic mass is 10.1. The summed E-state index contributed by atoms with van der Waals surface area (Å²) in [6, 6.07) is 11.3. The van der Waals surface area contributed by atoms with E-state index in [1.807, 2.05) is 19.1 Å². The van der Waals surface area contributed by atoms with Crippen molar-refractivity contribution in [2.75, 3.05) is 10.2 Å². The van der Waals surface area contributed by atoms with E-state index in [0.29, 0.717) is 11.4 Å². The number of aliphatic hydroxyl groups excluding tert-OH is 1. The van der Waals surface area contributed by atoms with E-state index in [4.69, 9.17) is 0 Å². The van der Waals surface area contributed by atoms with Crippen LogP contribution in [0.5, 0.6) is 0 Å². The van der Waals surface area contributed by atoms with Crippen molar-refractivity contribution in [2.24, 2.45) is 0 Å². The van der Waals surface area contributed by atoms with E-state index in [1.54, 1.807) is 36.6 Å². The van der Waals surface area contributed by atoms with Crippen LogP contribution in [0.2, 0.25) is 0 Å². The van der Waals surface area contributed by atoms with E-state index in [2.05, 4.69) is 21.2 Å². The van der Waals surface area contributed by atoms with Crippen molar-refractivity contribution in [1.29, 1.82) is 0 Å². The first-order valence-electron chi connectivity index (χ1n) is 7.63. The maximum absolute atomic E-state index is 13.1. The smallest absolute Gasteiger partial charge is 0.256 e. The lowest BCUT2D eigenvalue weighted by Gasteiger charge is -2.30. The highest BCUT2D eigenvalue weighted by molar-refractivity contribution is 9.10. The molecule has 25 heavy (non-hydrogen) atoms. The van der Waals surface area contributed by atoms with E-state index in [1.165, 1.54) is 17.0 Å². The summed E-state index contributed by atoms with van der Waals surface area (Å²) in [5.74, 6) is -0.761. The van der Waals surface area contributed by atoms with Gasteiger partial charge >= 0.3 is 0 Å². The topological polar surface area (TPSA) is 52.6 Å². The number of carbonyl (C=O) groups excluding carboxylic acids is 1. The maximum Gasteiger partial charge on any atom is 0.256 e. The number of rotatable bonds is 3. The fourth-order valence-electron chi connectivity index (χ4n) is 2.51. The van der Waals surface area contributed by atoms with Crippen molar-refractivity contribution in [3.05, 3.63) is 82.2 Å². The molecule has 128 valence electrons. The number of halogens is 2. The number of benzene rings is 2. The van der Waals surface area contributed by atoms with Crippen LogP contribution in [0.25, 0.3) is 0 Å². The number of aliphatic hydroxyl groups is 1. The molecule has 0 aromatic heterocycles. The first-order chi connectivity index (χ1) is 12.0. The third-order valence-electron chi connectivity index (χ3n) is 3.90. The van der Waals surface area contributed by atoms with Gasteiger partial charge in [0.15, 0.2) is 6.23 Å². The molecule has 0 radical (unpaired) electrons. The number of amides is 1. The maximum atomic E-state index is 13.1. The van der Waals surface area contributed by atoms with Gasteiger partial charge in [-0.1, -0.05) is 22.0 Å². The third-order valence-corrected chi connectivity index (χ3v) is 4.39. The van der Waals surface area contributed by atoms with Gasteiger partial charge in [-0.25, -0.2) is 4.39 Å². The van der Waals surface area contributed by atoms with Crippen molar-refractivity contribution in [3.8, 4) is 0 Å². The molecule has 4 nitrogen and oxygen atoms in total. The Morgan fingerprint density at radius 2 is 1.96 bits per heavy atom. The lowest BCUT2D eigenvalue weighted by molar-refractivity contribution is -0.113. The van der Waals surface area contributed by atoms with Crippen LogP contribution in [-0.4, -0.2) is 17.2 Å². The SMILES string of the molecule is Cc1ccc(Br)cc1NC(=O)C1=CC=CN(c2ccc(F)cc2)C1O. The van der Waals surface area contributed by atoms with Gasteiger partial charge in [0.25, 0.3) is 5.91 Å². The Hall–Kier alpha value is -2.44. The minimum absolute atomic E-state index is 0.200. The van der Waals surface area contributed by atoms with Gasteiger partial charge in [0.2, 0.25) is 0 Å². The van der Waals surface area contributed by atoms with E-state index in [0.717, 1.165) is 10.0 Å². The molecule has 6 heteroatoms. The summed E-state index contributed by atoms with van der Waals surface area (Å²) < 4.78 is 13.9. The second kappa shape index (κ2) is 7.21. The summed E-state index contributed by atoms with van der Waals surface area (Å²) in [5, 5.41) is 13.4. The Labute approximate surface area is 153 Å². The van der Waals surface area contributed by atoms with E-state index >= 15 is 0 Å². The van der Waals surface area contributed by atoms with Gasteiger partial charge < -0.3 is 15.3 Å². The first-order valence-corrected chi connectivity index (χ1v) is 8.43. The Bertz CT molecular complexity index is 862. The molecule has 2 N–H and O–H groups in total. The fraction of sp³-hybridized carbons (Fsp3) is 0.105. The molecule has 0 fully saturated rings. The molecule has 2 aromatic rings. The Morgan fingerprint density at radius 1 is 1.24 bits per heavy atom. The number of hydrogen-bond acceptors (Lipinski definition) is 3. The molecule has 1 amide bonds. The molecule has 0 aliphatic carbocycles. The average Bonchev–Trinajstić information content (AvgIpc) is 2.59. The van der Waals surface area contributed by atoms with Crippen molar-refractivity contribution >= 4 is 33.2 Å². The Kier molecular flexibility index (Phi) is 5.01. The number of carbonyl (C=O) groups is 1. The number of nitrogens with zero attached hydrogens (tertiary/aromatic N) is 1. The Morgan fingerprint density at radius 3 is 2.68 bits per heavy atom.